The molecule has 1 aliphatic heterocycles. The van der Waals surface area contributed by atoms with Crippen LogP contribution in [0.15, 0.2) is 23.8 Å². The van der Waals surface area contributed by atoms with Gasteiger partial charge in [0.1, 0.15) is 11.0 Å². The van der Waals surface area contributed by atoms with Gasteiger partial charge in [-0.1, -0.05) is 11.6 Å². The summed E-state index contributed by atoms with van der Waals surface area (Å²) in [6.45, 7) is 3.18. The first-order valence-electron chi connectivity index (χ1n) is 5.56. The van der Waals surface area contributed by atoms with Crippen LogP contribution in [0.4, 0.5) is 5.82 Å². The van der Waals surface area contributed by atoms with Gasteiger partial charge >= 0.3 is 0 Å². The lowest BCUT2D eigenvalue weighted by atomic mass is 10.0. The van der Waals surface area contributed by atoms with Gasteiger partial charge in [0.2, 0.25) is 0 Å². The average molecular weight is 266 g/mol. The first-order valence-corrected chi connectivity index (χ1v) is 6.82. The van der Waals surface area contributed by atoms with Crippen LogP contribution in [-0.2, 0) is 6.42 Å². The number of nitrogens with zero attached hydrogens (tertiary/aromatic N) is 3. The molecule has 2 aromatic rings. The minimum atomic E-state index is 0.345. The molecule has 3 heterocycles. The van der Waals surface area contributed by atoms with Gasteiger partial charge in [-0.25, -0.2) is 4.98 Å². The predicted molar refractivity (Wildman–Crippen MR) is 70.8 cm³/mol. The monoisotopic (exact) mass is 265 g/mol. The molecular formula is C12H12ClN3S. The van der Waals surface area contributed by atoms with Crippen molar-refractivity contribution < 1.29 is 0 Å². The van der Waals surface area contributed by atoms with Crippen LogP contribution in [-0.4, -0.2) is 16.5 Å². The third kappa shape index (κ3) is 1.91. The fourth-order valence-corrected chi connectivity index (χ4v) is 3.40. The van der Waals surface area contributed by atoms with Gasteiger partial charge in [0.05, 0.1) is 18.4 Å². The van der Waals surface area contributed by atoms with E-state index in [1.54, 1.807) is 12.4 Å². The average Bonchev–Trinajstić information content (AvgIpc) is 2.78. The molecule has 0 fully saturated rings. The lowest BCUT2D eigenvalue weighted by Crippen LogP contribution is -2.33. The molecule has 5 heteroatoms. The van der Waals surface area contributed by atoms with Crippen molar-refractivity contribution in [2.24, 2.45) is 0 Å². The van der Waals surface area contributed by atoms with E-state index in [1.807, 2.05) is 11.3 Å². The number of hydrogen-bond acceptors (Lipinski definition) is 4. The molecule has 1 aliphatic rings. The fourth-order valence-electron chi connectivity index (χ4n) is 2.29. The molecule has 0 aromatic carbocycles. The van der Waals surface area contributed by atoms with E-state index < -0.39 is 0 Å². The molecule has 1 atom stereocenters. The summed E-state index contributed by atoms with van der Waals surface area (Å²) in [6, 6.07) is 2.55. The topological polar surface area (TPSA) is 29.0 Å². The fraction of sp³-hybridized carbons (Fsp3) is 0.333. The van der Waals surface area contributed by atoms with E-state index in [-0.39, 0.29) is 0 Å². The summed E-state index contributed by atoms with van der Waals surface area (Å²) in [7, 11) is 0. The second-order valence-corrected chi connectivity index (χ2v) is 5.51. The number of rotatable bonds is 1. The Bertz CT molecular complexity index is 540. The molecule has 2 aromatic heterocycles. The van der Waals surface area contributed by atoms with Crippen molar-refractivity contribution in [3.8, 4) is 0 Å². The summed E-state index contributed by atoms with van der Waals surface area (Å²) in [6.07, 6.45) is 4.42. The first kappa shape index (κ1) is 11.0. The van der Waals surface area contributed by atoms with Gasteiger partial charge in [0, 0.05) is 11.4 Å². The van der Waals surface area contributed by atoms with Crippen LogP contribution in [0.3, 0.4) is 0 Å². The molecule has 0 N–H and O–H groups in total. The van der Waals surface area contributed by atoms with Gasteiger partial charge in [-0.2, -0.15) is 0 Å². The van der Waals surface area contributed by atoms with Crippen molar-refractivity contribution in [1.82, 2.24) is 9.97 Å². The Morgan fingerprint density at radius 1 is 1.47 bits per heavy atom. The zero-order valence-electron chi connectivity index (χ0n) is 9.43. The van der Waals surface area contributed by atoms with E-state index in [0.29, 0.717) is 11.2 Å². The minimum Gasteiger partial charge on any atom is -0.348 e. The Morgan fingerprint density at radius 2 is 2.35 bits per heavy atom. The van der Waals surface area contributed by atoms with Crippen molar-refractivity contribution >= 4 is 28.8 Å². The number of halogens is 1. The molecule has 0 amide bonds. The van der Waals surface area contributed by atoms with E-state index in [9.17, 15) is 0 Å². The predicted octanol–water partition coefficient (Wildman–Crippen LogP) is 3.32. The van der Waals surface area contributed by atoms with Gasteiger partial charge in [0.25, 0.3) is 0 Å². The number of hydrogen-bond donors (Lipinski definition) is 0. The summed E-state index contributed by atoms with van der Waals surface area (Å²) in [5, 5.41) is 2.61. The SMILES string of the molecule is CC1c2ccsc2CCN1c1cncc(Cl)n1. The summed E-state index contributed by atoms with van der Waals surface area (Å²) in [5.74, 6) is 0.863. The number of aromatic nitrogens is 2. The van der Waals surface area contributed by atoms with Crippen LogP contribution < -0.4 is 4.90 Å². The van der Waals surface area contributed by atoms with Crippen LogP contribution in [0.1, 0.15) is 23.4 Å². The van der Waals surface area contributed by atoms with Crippen LogP contribution in [0.25, 0.3) is 0 Å². The summed E-state index contributed by atoms with van der Waals surface area (Å²) >= 11 is 7.73. The van der Waals surface area contributed by atoms with E-state index in [1.165, 1.54) is 10.4 Å². The zero-order chi connectivity index (χ0) is 11.8. The first-order chi connectivity index (χ1) is 8.25. The molecule has 0 spiro atoms. The van der Waals surface area contributed by atoms with Gasteiger partial charge in [-0.05, 0) is 30.4 Å². The number of anilines is 1. The zero-order valence-corrected chi connectivity index (χ0v) is 11.0. The lowest BCUT2D eigenvalue weighted by Gasteiger charge is -2.34. The highest BCUT2D eigenvalue weighted by atomic mass is 35.5. The lowest BCUT2D eigenvalue weighted by molar-refractivity contribution is 0.623. The standard InChI is InChI=1S/C12H12ClN3S/c1-8-9-3-5-17-10(9)2-4-16(8)12-7-14-6-11(13)15-12/h3,5-8H,2,4H2,1H3. The van der Waals surface area contributed by atoms with Crippen molar-refractivity contribution in [3.63, 3.8) is 0 Å². The van der Waals surface area contributed by atoms with Crippen molar-refractivity contribution in [1.29, 1.82) is 0 Å². The summed E-state index contributed by atoms with van der Waals surface area (Å²) in [4.78, 5) is 12.2. The normalized spacial score (nSPS) is 19.2. The highest BCUT2D eigenvalue weighted by molar-refractivity contribution is 7.10. The molecule has 88 valence electrons. The molecule has 1 unspecified atom stereocenters. The number of thiophene rings is 1. The minimum absolute atomic E-state index is 0.345. The quantitative estimate of drug-likeness (QED) is 0.792. The van der Waals surface area contributed by atoms with E-state index in [0.717, 1.165) is 18.8 Å². The van der Waals surface area contributed by atoms with E-state index in [4.69, 9.17) is 11.6 Å². The molecule has 0 aliphatic carbocycles. The Morgan fingerprint density at radius 3 is 3.18 bits per heavy atom. The van der Waals surface area contributed by atoms with Crippen molar-refractivity contribution in [2.45, 2.75) is 19.4 Å². The molecule has 3 rings (SSSR count). The van der Waals surface area contributed by atoms with Crippen molar-refractivity contribution in [2.75, 3.05) is 11.4 Å². The maximum Gasteiger partial charge on any atom is 0.149 e. The maximum atomic E-state index is 5.89. The molecule has 0 saturated carbocycles. The Hall–Kier alpha value is -1.13. The highest BCUT2D eigenvalue weighted by Gasteiger charge is 2.25. The van der Waals surface area contributed by atoms with Crippen LogP contribution in [0.5, 0.6) is 0 Å². The van der Waals surface area contributed by atoms with Crippen LogP contribution in [0.2, 0.25) is 5.15 Å². The second-order valence-electron chi connectivity index (χ2n) is 4.12. The maximum absolute atomic E-state index is 5.89. The summed E-state index contributed by atoms with van der Waals surface area (Å²) < 4.78 is 0. The van der Waals surface area contributed by atoms with Gasteiger partial charge in [-0.3, -0.25) is 4.98 Å². The molecule has 17 heavy (non-hydrogen) atoms. The second kappa shape index (κ2) is 4.27. The Balaban J connectivity index is 1.96. The van der Waals surface area contributed by atoms with Gasteiger partial charge in [-0.15, -0.1) is 11.3 Å². The summed E-state index contributed by atoms with van der Waals surface area (Å²) in [5.41, 5.74) is 1.41. The third-order valence-corrected chi connectivity index (χ3v) is 4.34. The highest BCUT2D eigenvalue weighted by Crippen LogP contribution is 2.35. The Labute approximate surface area is 109 Å². The number of fused-ring (bicyclic) bond motifs is 1. The van der Waals surface area contributed by atoms with Gasteiger partial charge < -0.3 is 4.90 Å². The third-order valence-electron chi connectivity index (χ3n) is 3.16. The molecule has 3 nitrogen and oxygen atoms in total. The van der Waals surface area contributed by atoms with Crippen LogP contribution >= 0.6 is 22.9 Å². The largest absolute Gasteiger partial charge is 0.348 e. The van der Waals surface area contributed by atoms with E-state index in [2.05, 4.69) is 33.2 Å². The molecule has 0 bridgehead atoms. The smallest absolute Gasteiger partial charge is 0.149 e. The molecule has 0 radical (unpaired) electrons. The molecule has 0 saturated heterocycles. The Kier molecular flexibility index (Phi) is 2.76. The van der Waals surface area contributed by atoms with Crippen molar-refractivity contribution in [3.05, 3.63) is 39.4 Å². The van der Waals surface area contributed by atoms with Crippen LogP contribution in [0, 0.1) is 0 Å². The molecular weight excluding hydrogens is 254 g/mol. The van der Waals surface area contributed by atoms with E-state index >= 15 is 0 Å². The van der Waals surface area contributed by atoms with Gasteiger partial charge in [0.15, 0.2) is 0 Å².